The summed E-state index contributed by atoms with van der Waals surface area (Å²) in [6.45, 7) is 0. The molecule has 17 heavy (non-hydrogen) atoms. The molecule has 0 radical (unpaired) electrons. The maximum atomic E-state index is 9.94. The third kappa shape index (κ3) is 1.13. The molecule has 2 aromatic carbocycles. The number of hydrogen-bond acceptors (Lipinski definition) is 1. The predicted octanol–water partition coefficient (Wildman–Crippen LogP) is 3.30. The van der Waals surface area contributed by atoms with Crippen molar-refractivity contribution in [2.75, 3.05) is 0 Å². The average molecular weight is 223 g/mol. The Bertz CT molecular complexity index is 726. The van der Waals surface area contributed by atoms with Gasteiger partial charge in [-0.1, -0.05) is 24.3 Å². The molecule has 0 bridgehead atoms. The summed E-state index contributed by atoms with van der Waals surface area (Å²) in [5.41, 5.74) is 4.80. The molecule has 0 saturated carbocycles. The van der Waals surface area contributed by atoms with Crippen molar-refractivity contribution in [3.8, 4) is 0 Å². The van der Waals surface area contributed by atoms with Gasteiger partial charge in [0.1, 0.15) is 0 Å². The molecule has 1 aromatic heterocycles. The highest BCUT2D eigenvalue weighted by Crippen LogP contribution is 2.38. The lowest BCUT2D eigenvalue weighted by Gasteiger charge is -2.04. The van der Waals surface area contributed by atoms with Crippen molar-refractivity contribution in [3.05, 3.63) is 47.5 Å². The number of rotatable bonds is 0. The van der Waals surface area contributed by atoms with Gasteiger partial charge in [-0.3, -0.25) is 0 Å². The molecule has 0 fully saturated rings. The van der Waals surface area contributed by atoms with Crippen molar-refractivity contribution < 1.29 is 5.11 Å². The van der Waals surface area contributed by atoms with Gasteiger partial charge in [0.15, 0.2) is 0 Å². The minimum Gasteiger partial charge on any atom is -0.388 e. The molecule has 0 aliphatic heterocycles. The second-order valence-corrected chi connectivity index (χ2v) is 4.78. The predicted molar refractivity (Wildman–Crippen MR) is 69.1 cm³/mol. The van der Waals surface area contributed by atoms with E-state index in [4.69, 9.17) is 0 Å². The first-order valence-corrected chi connectivity index (χ1v) is 6.05. The van der Waals surface area contributed by atoms with Gasteiger partial charge in [-0.2, -0.15) is 0 Å². The number of aliphatic hydroxyl groups is 1. The zero-order valence-corrected chi connectivity index (χ0v) is 9.40. The zero-order chi connectivity index (χ0) is 11.4. The van der Waals surface area contributed by atoms with Crippen LogP contribution in [0.4, 0.5) is 0 Å². The maximum Gasteiger partial charge on any atom is 0.0796 e. The van der Waals surface area contributed by atoms with Crippen LogP contribution in [0.3, 0.4) is 0 Å². The fraction of sp³-hybridized carbons (Fsp3) is 0.200. The lowest BCUT2D eigenvalue weighted by atomic mass is 10.0. The first-order valence-electron chi connectivity index (χ1n) is 6.05. The summed E-state index contributed by atoms with van der Waals surface area (Å²) in [4.78, 5) is 3.44. The van der Waals surface area contributed by atoms with Crippen LogP contribution in [0.5, 0.6) is 0 Å². The van der Waals surface area contributed by atoms with Gasteiger partial charge in [-0.15, -0.1) is 0 Å². The summed E-state index contributed by atoms with van der Waals surface area (Å²) in [5, 5.41) is 12.5. The fourth-order valence-corrected chi connectivity index (χ4v) is 3.05. The monoisotopic (exact) mass is 223 g/mol. The molecule has 1 unspecified atom stereocenters. The van der Waals surface area contributed by atoms with E-state index in [1.54, 1.807) is 0 Å². The molecule has 0 spiro atoms. The number of benzene rings is 2. The molecule has 1 atom stereocenters. The number of para-hydroxylation sites is 1. The van der Waals surface area contributed by atoms with Crippen molar-refractivity contribution in [2.45, 2.75) is 18.9 Å². The van der Waals surface area contributed by atoms with Crippen LogP contribution in [0.2, 0.25) is 0 Å². The number of aromatic nitrogens is 1. The molecule has 2 nitrogen and oxygen atoms in total. The lowest BCUT2D eigenvalue weighted by Crippen LogP contribution is -1.89. The number of H-pyrrole nitrogens is 1. The van der Waals surface area contributed by atoms with E-state index >= 15 is 0 Å². The Labute approximate surface area is 98.9 Å². The Morgan fingerprint density at radius 2 is 1.94 bits per heavy atom. The van der Waals surface area contributed by atoms with Crippen molar-refractivity contribution in [3.63, 3.8) is 0 Å². The molecule has 4 rings (SSSR count). The summed E-state index contributed by atoms with van der Waals surface area (Å²) in [7, 11) is 0. The number of fused-ring (bicyclic) bond motifs is 5. The minimum atomic E-state index is -0.275. The summed E-state index contributed by atoms with van der Waals surface area (Å²) in [6.07, 6.45) is 1.56. The Balaban J connectivity index is 2.22. The minimum absolute atomic E-state index is 0.275. The fourth-order valence-electron chi connectivity index (χ4n) is 3.05. The first kappa shape index (κ1) is 9.25. The van der Waals surface area contributed by atoms with Crippen LogP contribution in [0, 0.1) is 0 Å². The highest BCUT2D eigenvalue weighted by Gasteiger charge is 2.23. The average Bonchev–Trinajstić information content (AvgIpc) is 2.90. The van der Waals surface area contributed by atoms with Crippen LogP contribution in [0.25, 0.3) is 21.8 Å². The summed E-state index contributed by atoms with van der Waals surface area (Å²) >= 11 is 0. The number of hydrogen-bond donors (Lipinski definition) is 2. The summed E-state index contributed by atoms with van der Waals surface area (Å²) < 4.78 is 0. The molecule has 2 heteroatoms. The number of aromatic amines is 1. The SMILES string of the molecule is OC1CCc2c1ccc1[nH]c3ccccc3c21. The molecule has 0 saturated heterocycles. The Morgan fingerprint density at radius 3 is 2.88 bits per heavy atom. The van der Waals surface area contributed by atoms with Gasteiger partial charge in [0, 0.05) is 21.8 Å². The third-order valence-corrected chi connectivity index (χ3v) is 3.84. The molecule has 3 aromatic rings. The third-order valence-electron chi connectivity index (χ3n) is 3.84. The summed E-state index contributed by atoms with van der Waals surface area (Å²) in [6, 6.07) is 12.5. The second-order valence-electron chi connectivity index (χ2n) is 4.78. The van der Waals surface area contributed by atoms with E-state index in [-0.39, 0.29) is 6.10 Å². The second kappa shape index (κ2) is 3.11. The van der Waals surface area contributed by atoms with Crippen molar-refractivity contribution in [1.29, 1.82) is 0 Å². The maximum absolute atomic E-state index is 9.94. The number of nitrogens with one attached hydrogen (secondary N) is 1. The van der Waals surface area contributed by atoms with Crippen LogP contribution in [-0.4, -0.2) is 10.1 Å². The first-order chi connectivity index (χ1) is 8.34. The molecular formula is C15H13NO. The van der Waals surface area contributed by atoms with E-state index in [2.05, 4.69) is 35.3 Å². The van der Waals surface area contributed by atoms with E-state index < -0.39 is 0 Å². The largest absolute Gasteiger partial charge is 0.388 e. The van der Waals surface area contributed by atoms with Gasteiger partial charge in [0.2, 0.25) is 0 Å². The van der Waals surface area contributed by atoms with E-state index in [9.17, 15) is 5.11 Å². The van der Waals surface area contributed by atoms with E-state index in [0.29, 0.717) is 0 Å². The molecule has 2 N–H and O–H groups in total. The van der Waals surface area contributed by atoms with Crippen LogP contribution in [0.1, 0.15) is 23.7 Å². The topological polar surface area (TPSA) is 36.0 Å². The van der Waals surface area contributed by atoms with Crippen molar-refractivity contribution in [1.82, 2.24) is 4.98 Å². The highest BCUT2D eigenvalue weighted by atomic mass is 16.3. The van der Waals surface area contributed by atoms with E-state index in [1.807, 2.05) is 6.07 Å². The van der Waals surface area contributed by atoms with Crippen LogP contribution < -0.4 is 0 Å². The highest BCUT2D eigenvalue weighted by molar-refractivity contribution is 6.09. The van der Waals surface area contributed by atoms with Crippen molar-refractivity contribution in [2.24, 2.45) is 0 Å². The molecule has 1 aliphatic rings. The zero-order valence-electron chi connectivity index (χ0n) is 9.40. The van der Waals surface area contributed by atoms with E-state index in [1.165, 1.54) is 27.4 Å². The molecule has 1 heterocycles. The van der Waals surface area contributed by atoms with E-state index in [0.717, 1.165) is 18.4 Å². The van der Waals surface area contributed by atoms with Crippen LogP contribution in [-0.2, 0) is 6.42 Å². The van der Waals surface area contributed by atoms with Gasteiger partial charge in [-0.25, -0.2) is 0 Å². The van der Waals surface area contributed by atoms with Crippen molar-refractivity contribution >= 4 is 21.8 Å². The molecule has 1 aliphatic carbocycles. The Hall–Kier alpha value is -1.80. The van der Waals surface area contributed by atoms with Crippen LogP contribution in [0.15, 0.2) is 36.4 Å². The van der Waals surface area contributed by atoms with Crippen LogP contribution >= 0.6 is 0 Å². The lowest BCUT2D eigenvalue weighted by molar-refractivity contribution is 0.180. The van der Waals surface area contributed by atoms with Gasteiger partial charge >= 0.3 is 0 Å². The van der Waals surface area contributed by atoms with Gasteiger partial charge in [0.25, 0.3) is 0 Å². The van der Waals surface area contributed by atoms with Gasteiger partial charge in [0.05, 0.1) is 6.10 Å². The normalized spacial score (nSPS) is 19.0. The smallest absolute Gasteiger partial charge is 0.0796 e. The molecule has 84 valence electrons. The Morgan fingerprint density at radius 1 is 1.06 bits per heavy atom. The quantitative estimate of drug-likeness (QED) is 0.602. The molecular weight excluding hydrogens is 210 g/mol. The van der Waals surface area contributed by atoms with Gasteiger partial charge < -0.3 is 10.1 Å². The summed E-state index contributed by atoms with van der Waals surface area (Å²) in [5.74, 6) is 0. The molecule has 0 amide bonds. The number of aliphatic hydroxyl groups excluding tert-OH is 1. The van der Waals surface area contributed by atoms with Gasteiger partial charge in [-0.05, 0) is 36.1 Å². The standard InChI is InChI=1S/C15H13NO/c17-14-8-6-10-9(14)5-7-13-15(10)11-3-1-2-4-12(11)16-13/h1-5,7,14,16-17H,6,8H2. The Kier molecular flexibility index (Phi) is 1.69. The number of aryl methyl sites for hydroxylation is 1.